The highest BCUT2D eigenvalue weighted by Crippen LogP contribution is 2.15. The molecule has 0 spiro atoms. The Morgan fingerprint density at radius 1 is 0.800 bits per heavy atom. The summed E-state index contributed by atoms with van der Waals surface area (Å²) in [5.41, 5.74) is 2.53. The van der Waals surface area contributed by atoms with Gasteiger partial charge in [-0.25, -0.2) is 8.97 Å². The molecule has 2 aromatic heterocycles. The predicted octanol–water partition coefficient (Wildman–Crippen LogP) is 3.43. The van der Waals surface area contributed by atoms with Gasteiger partial charge in [0.25, 0.3) is 5.65 Å². The molecule has 0 radical (unpaired) electrons. The highest BCUT2D eigenvalue weighted by molar-refractivity contribution is 5.82. The van der Waals surface area contributed by atoms with Crippen molar-refractivity contribution in [2.45, 2.75) is 6.54 Å². The second-order valence-electron chi connectivity index (χ2n) is 5.07. The van der Waals surface area contributed by atoms with E-state index in [1.54, 1.807) is 0 Å². The van der Waals surface area contributed by atoms with Crippen molar-refractivity contribution in [3.63, 3.8) is 0 Å². The van der Waals surface area contributed by atoms with Crippen LogP contribution in [0.3, 0.4) is 0 Å². The number of aromatic nitrogens is 2. The van der Waals surface area contributed by atoms with Crippen molar-refractivity contribution in [3.05, 3.63) is 84.8 Å². The molecule has 0 atom stereocenters. The maximum Gasteiger partial charge on any atom is 0.286 e. The van der Waals surface area contributed by atoms with E-state index in [0.717, 1.165) is 6.54 Å². The monoisotopic (exact) mass is 259 g/mol. The number of nitrogens with zero attached hydrogens (tertiary/aromatic N) is 2. The predicted molar refractivity (Wildman–Crippen MR) is 80.6 cm³/mol. The summed E-state index contributed by atoms with van der Waals surface area (Å²) in [6.07, 6.45) is 6.30. The average Bonchev–Trinajstić information content (AvgIpc) is 2.91. The number of hydrogen-bond donors (Lipinski definition) is 0. The smallest absolute Gasteiger partial charge is 0.226 e. The maximum absolute atomic E-state index is 2.27. The first-order valence-electron chi connectivity index (χ1n) is 6.83. The van der Waals surface area contributed by atoms with E-state index in [4.69, 9.17) is 0 Å². The summed E-state index contributed by atoms with van der Waals surface area (Å²) in [5.74, 6) is 0. The van der Waals surface area contributed by atoms with Gasteiger partial charge < -0.3 is 0 Å². The van der Waals surface area contributed by atoms with Crippen molar-refractivity contribution >= 4 is 16.4 Å². The average molecular weight is 259 g/mol. The molecule has 4 aromatic rings. The molecule has 0 unspecified atom stereocenters. The summed E-state index contributed by atoms with van der Waals surface area (Å²) in [5, 5.41) is 2.59. The van der Waals surface area contributed by atoms with Crippen molar-refractivity contribution in [1.82, 2.24) is 4.40 Å². The first-order valence-corrected chi connectivity index (χ1v) is 6.83. The fourth-order valence-corrected chi connectivity index (χ4v) is 2.71. The molecule has 0 amide bonds. The lowest BCUT2D eigenvalue weighted by atomic mass is 10.1. The molecule has 0 saturated carbocycles. The number of pyridine rings is 1. The molecule has 0 aliphatic rings. The fourth-order valence-electron chi connectivity index (χ4n) is 2.71. The maximum atomic E-state index is 2.27. The van der Waals surface area contributed by atoms with Crippen LogP contribution < -0.4 is 4.57 Å². The van der Waals surface area contributed by atoms with E-state index < -0.39 is 0 Å². The molecule has 0 saturated heterocycles. The molecule has 96 valence electrons. The van der Waals surface area contributed by atoms with E-state index in [9.17, 15) is 0 Å². The fraction of sp³-hybridized carbons (Fsp3) is 0.0556. The Morgan fingerprint density at radius 3 is 2.60 bits per heavy atom. The quantitative estimate of drug-likeness (QED) is 0.487. The normalized spacial score (nSPS) is 11.2. The van der Waals surface area contributed by atoms with Gasteiger partial charge in [0.05, 0.1) is 6.20 Å². The van der Waals surface area contributed by atoms with Gasteiger partial charge in [-0.2, -0.15) is 0 Å². The number of fused-ring (bicyclic) bond motifs is 2. The van der Waals surface area contributed by atoms with Crippen molar-refractivity contribution in [1.29, 1.82) is 0 Å². The molecule has 0 fully saturated rings. The molecular formula is C18H15N2+. The Labute approximate surface area is 117 Å². The first kappa shape index (κ1) is 11.2. The van der Waals surface area contributed by atoms with E-state index in [-0.39, 0.29) is 0 Å². The molecule has 4 rings (SSSR count). The van der Waals surface area contributed by atoms with Gasteiger partial charge in [-0.05, 0) is 28.5 Å². The summed E-state index contributed by atoms with van der Waals surface area (Å²) < 4.78 is 4.41. The summed E-state index contributed by atoms with van der Waals surface area (Å²) >= 11 is 0. The van der Waals surface area contributed by atoms with Crippen LogP contribution in [-0.4, -0.2) is 4.40 Å². The van der Waals surface area contributed by atoms with Crippen molar-refractivity contribution in [2.75, 3.05) is 0 Å². The Bertz CT molecular complexity index is 890. The summed E-state index contributed by atoms with van der Waals surface area (Å²) in [6, 6.07) is 21.4. The van der Waals surface area contributed by atoms with Gasteiger partial charge in [0, 0.05) is 6.07 Å². The van der Waals surface area contributed by atoms with Crippen LogP contribution in [-0.2, 0) is 6.54 Å². The van der Waals surface area contributed by atoms with Crippen LogP contribution in [0.25, 0.3) is 16.4 Å². The molecule has 2 aromatic carbocycles. The van der Waals surface area contributed by atoms with Crippen LogP contribution in [0, 0.1) is 0 Å². The van der Waals surface area contributed by atoms with Crippen molar-refractivity contribution < 1.29 is 4.57 Å². The molecule has 20 heavy (non-hydrogen) atoms. The minimum atomic E-state index is 0.894. The van der Waals surface area contributed by atoms with Crippen LogP contribution >= 0.6 is 0 Å². The van der Waals surface area contributed by atoms with E-state index in [1.165, 1.54) is 22.0 Å². The van der Waals surface area contributed by atoms with Gasteiger partial charge >= 0.3 is 0 Å². The van der Waals surface area contributed by atoms with Gasteiger partial charge in [-0.1, -0.05) is 42.5 Å². The summed E-state index contributed by atoms with van der Waals surface area (Å²) in [4.78, 5) is 0. The molecule has 0 aliphatic heterocycles. The number of hydrogen-bond acceptors (Lipinski definition) is 0. The molecular weight excluding hydrogens is 244 g/mol. The van der Waals surface area contributed by atoms with Gasteiger partial charge in [0.1, 0.15) is 18.9 Å². The minimum absolute atomic E-state index is 0.894. The standard InChI is InChI=1S/C18H15N2/c1-2-6-17-13-15(8-9-16(17)5-1)14-20-12-11-19-10-4-3-7-18(19)20/h1-13H,14H2/q+1. The van der Waals surface area contributed by atoms with E-state index >= 15 is 0 Å². The summed E-state index contributed by atoms with van der Waals surface area (Å²) in [6.45, 7) is 0.894. The third kappa shape index (κ3) is 1.86. The summed E-state index contributed by atoms with van der Waals surface area (Å²) in [7, 11) is 0. The van der Waals surface area contributed by atoms with Gasteiger partial charge in [-0.3, -0.25) is 0 Å². The second kappa shape index (κ2) is 4.49. The molecule has 0 bridgehead atoms. The van der Waals surface area contributed by atoms with Crippen LogP contribution in [0.1, 0.15) is 5.56 Å². The van der Waals surface area contributed by atoms with Crippen molar-refractivity contribution in [2.24, 2.45) is 0 Å². The molecule has 2 heterocycles. The SMILES string of the molecule is c1ccc2cc(C[n+]3ccn4ccccc43)ccc2c1. The first-order chi connectivity index (χ1) is 9.90. The third-order valence-electron chi connectivity index (χ3n) is 3.74. The van der Waals surface area contributed by atoms with Gasteiger partial charge in [-0.15, -0.1) is 0 Å². The molecule has 2 nitrogen and oxygen atoms in total. The Balaban J connectivity index is 1.76. The molecule has 0 aliphatic carbocycles. The molecule has 2 heteroatoms. The third-order valence-corrected chi connectivity index (χ3v) is 3.74. The Kier molecular flexibility index (Phi) is 2.52. The van der Waals surface area contributed by atoms with E-state index in [0.29, 0.717) is 0 Å². The highest BCUT2D eigenvalue weighted by Gasteiger charge is 2.08. The number of rotatable bonds is 2. The highest BCUT2D eigenvalue weighted by atomic mass is 15.1. The zero-order chi connectivity index (χ0) is 13.4. The van der Waals surface area contributed by atoms with Crippen LogP contribution in [0.2, 0.25) is 0 Å². The number of imidazole rings is 1. The van der Waals surface area contributed by atoms with Crippen molar-refractivity contribution in [3.8, 4) is 0 Å². The van der Waals surface area contributed by atoms with Crippen LogP contribution in [0.4, 0.5) is 0 Å². The lowest BCUT2D eigenvalue weighted by Gasteiger charge is -2.02. The zero-order valence-corrected chi connectivity index (χ0v) is 11.1. The number of benzene rings is 2. The van der Waals surface area contributed by atoms with E-state index in [1.807, 2.05) is 6.07 Å². The van der Waals surface area contributed by atoms with Crippen LogP contribution in [0.5, 0.6) is 0 Å². The van der Waals surface area contributed by atoms with Gasteiger partial charge in [0.2, 0.25) is 0 Å². The lowest BCUT2D eigenvalue weighted by Crippen LogP contribution is -2.32. The van der Waals surface area contributed by atoms with Gasteiger partial charge in [0.15, 0.2) is 0 Å². The lowest BCUT2D eigenvalue weighted by molar-refractivity contribution is -0.661. The second-order valence-corrected chi connectivity index (χ2v) is 5.07. The Hall–Kier alpha value is -2.61. The largest absolute Gasteiger partial charge is 0.286 e. The molecule has 0 N–H and O–H groups in total. The van der Waals surface area contributed by atoms with E-state index in [2.05, 4.69) is 82.2 Å². The topological polar surface area (TPSA) is 8.29 Å². The minimum Gasteiger partial charge on any atom is -0.226 e. The van der Waals surface area contributed by atoms with Crippen LogP contribution in [0.15, 0.2) is 79.3 Å². The zero-order valence-electron chi connectivity index (χ0n) is 11.1. The Morgan fingerprint density at radius 2 is 1.65 bits per heavy atom.